The van der Waals surface area contributed by atoms with E-state index in [9.17, 15) is 9.90 Å². The molecule has 3 unspecified atom stereocenters. The second-order valence-electron chi connectivity index (χ2n) is 6.08. The van der Waals surface area contributed by atoms with Crippen molar-refractivity contribution in [2.45, 2.75) is 64.2 Å². The van der Waals surface area contributed by atoms with E-state index in [0.717, 1.165) is 31.5 Å². The number of nitrogens with zero attached hydrogens (tertiary/aromatic N) is 3. The van der Waals surface area contributed by atoms with E-state index >= 15 is 0 Å². The van der Waals surface area contributed by atoms with Gasteiger partial charge in [0.05, 0.1) is 6.20 Å². The lowest BCUT2D eigenvalue weighted by Crippen LogP contribution is -2.41. The summed E-state index contributed by atoms with van der Waals surface area (Å²) < 4.78 is 1.90. The number of likely N-dealkylation sites (tertiary alicyclic amines) is 1. The van der Waals surface area contributed by atoms with Crippen LogP contribution < -0.4 is 0 Å². The molecule has 1 aromatic heterocycles. The molecule has 2 fully saturated rings. The first-order valence-corrected chi connectivity index (χ1v) is 7.69. The standard InChI is InChI=1S/C15H23N3O2/c1-2-17-9-11(8-16-17)10-18-13-6-4-3-5-12(13)7-14(18)15(19)20/h8-9,12-14H,2-7,10H2,1H3,(H,19,20). The van der Waals surface area contributed by atoms with Gasteiger partial charge in [-0.2, -0.15) is 5.10 Å². The van der Waals surface area contributed by atoms with Crippen LogP contribution in [-0.4, -0.2) is 37.8 Å². The van der Waals surface area contributed by atoms with Crippen LogP contribution in [0.5, 0.6) is 0 Å². The van der Waals surface area contributed by atoms with Gasteiger partial charge in [0.2, 0.25) is 0 Å². The van der Waals surface area contributed by atoms with Gasteiger partial charge in [-0.15, -0.1) is 0 Å². The topological polar surface area (TPSA) is 58.4 Å². The molecule has 0 aromatic carbocycles. The van der Waals surface area contributed by atoms with E-state index in [-0.39, 0.29) is 6.04 Å². The molecule has 1 aliphatic carbocycles. The third-order valence-corrected chi connectivity index (χ3v) is 4.88. The summed E-state index contributed by atoms with van der Waals surface area (Å²) in [6.45, 7) is 3.64. The van der Waals surface area contributed by atoms with Crippen LogP contribution in [0.4, 0.5) is 0 Å². The molecule has 1 N–H and O–H groups in total. The molecule has 1 aromatic rings. The lowest BCUT2D eigenvalue weighted by Gasteiger charge is -2.32. The Morgan fingerprint density at radius 1 is 1.45 bits per heavy atom. The molecule has 1 saturated carbocycles. The van der Waals surface area contributed by atoms with E-state index in [2.05, 4.69) is 16.9 Å². The van der Waals surface area contributed by atoms with Gasteiger partial charge in [-0.1, -0.05) is 12.8 Å². The lowest BCUT2D eigenvalue weighted by molar-refractivity contribution is -0.142. The first-order valence-electron chi connectivity index (χ1n) is 7.69. The predicted molar refractivity (Wildman–Crippen MR) is 75.2 cm³/mol. The van der Waals surface area contributed by atoms with Crippen LogP contribution in [0, 0.1) is 5.92 Å². The van der Waals surface area contributed by atoms with E-state index in [4.69, 9.17) is 0 Å². The Bertz CT molecular complexity index is 485. The molecule has 110 valence electrons. The molecule has 5 nitrogen and oxygen atoms in total. The fourth-order valence-electron chi connectivity index (χ4n) is 3.89. The molecule has 0 bridgehead atoms. The zero-order chi connectivity index (χ0) is 14.1. The van der Waals surface area contributed by atoms with Gasteiger partial charge in [-0.05, 0) is 32.1 Å². The summed E-state index contributed by atoms with van der Waals surface area (Å²) in [5, 5.41) is 13.8. The molecule has 2 heterocycles. The van der Waals surface area contributed by atoms with Gasteiger partial charge in [-0.25, -0.2) is 0 Å². The Morgan fingerprint density at radius 2 is 2.25 bits per heavy atom. The van der Waals surface area contributed by atoms with E-state index in [0.29, 0.717) is 12.0 Å². The molecule has 1 aliphatic heterocycles. The fraction of sp³-hybridized carbons (Fsp3) is 0.733. The fourth-order valence-corrected chi connectivity index (χ4v) is 3.89. The van der Waals surface area contributed by atoms with Gasteiger partial charge in [0.15, 0.2) is 0 Å². The van der Waals surface area contributed by atoms with Crippen molar-refractivity contribution in [3.8, 4) is 0 Å². The summed E-state index contributed by atoms with van der Waals surface area (Å²) in [5.74, 6) is -0.0895. The summed E-state index contributed by atoms with van der Waals surface area (Å²) in [6, 6.07) is 0.142. The average Bonchev–Trinajstić information content (AvgIpc) is 3.04. The first kappa shape index (κ1) is 13.6. The van der Waals surface area contributed by atoms with E-state index < -0.39 is 5.97 Å². The third kappa shape index (κ3) is 2.46. The minimum absolute atomic E-state index is 0.312. The highest BCUT2D eigenvalue weighted by Gasteiger charge is 2.45. The van der Waals surface area contributed by atoms with Crippen LogP contribution in [0.2, 0.25) is 0 Å². The molecule has 0 radical (unpaired) electrons. The van der Waals surface area contributed by atoms with Crippen molar-refractivity contribution in [2.75, 3.05) is 0 Å². The number of hydrogen-bond acceptors (Lipinski definition) is 3. The first-order chi connectivity index (χ1) is 9.69. The van der Waals surface area contributed by atoms with Gasteiger partial charge < -0.3 is 5.11 Å². The summed E-state index contributed by atoms with van der Waals surface area (Å²) in [4.78, 5) is 13.8. The van der Waals surface area contributed by atoms with E-state index in [1.54, 1.807) is 0 Å². The van der Waals surface area contributed by atoms with E-state index in [1.807, 2.05) is 17.1 Å². The van der Waals surface area contributed by atoms with Crippen LogP contribution in [0.25, 0.3) is 0 Å². The Labute approximate surface area is 119 Å². The summed E-state index contributed by atoms with van der Waals surface area (Å²) in [6.07, 6.45) is 9.57. The highest BCUT2D eigenvalue weighted by molar-refractivity contribution is 5.74. The molecule has 0 amide bonds. The van der Waals surface area contributed by atoms with Crippen LogP contribution in [-0.2, 0) is 17.9 Å². The molecule has 5 heteroatoms. The Hall–Kier alpha value is -1.36. The van der Waals surface area contributed by atoms with Gasteiger partial charge >= 0.3 is 5.97 Å². The van der Waals surface area contributed by atoms with Gasteiger partial charge in [0.25, 0.3) is 0 Å². The highest BCUT2D eigenvalue weighted by atomic mass is 16.4. The van der Waals surface area contributed by atoms with Crippen molar-refractivity contribution >= 4 is 5.97 Å². The van der Waals surface area contributed by atoms with Crippen LogP contribution >= 0.6 is 0 Å². The monoisotopic (exact) mass is 277 g/mol. The second-order valence-corrected chi connectivity index (χ2v) is 6.08. The molecular weight excluding hydrogens is 254 g/mol. The molecular formula is C15H23N3O2. The minimum atomic E-state index is -0.665. The number of carbonyl (C=O) groups is 1. The maximum atomic E-state index is 11.5. The third-order valence-electron chi connectivity index (χ3n) is 4.88. The molecule has 0 spiro atoms. The van der Waals surface area contributed by atoms with Gasteiger partial charge in [0.1, 0.15) is 6.04 Å². The molecule has 3 rings (SSSR count). The van der Waals surface area contributed by atoms with Crippen LogP contribution in [0.1, 0.15) is 44.6 Å². The number of aromatic nitrogens is 2. The SMILES string of the molecule is CCn1cc(CN2C(C(=O)O)CC3CCCCC32)cn1. The molecule has 2 aliphatic rings. The van der Waals surface area contributed by atoms with E-state index in [1.165, 1.54) is 19.3 Å². The lowest BCUT2D eigenvalue weighted by atomic mass is 9.85. The average molecular weight is 277 g/mol. The van der Waals surface area contributed by atoms with Crippen molar-refractivity contribution in [3.63, 3.8) is 0 Å². The van der Waals surface area contributed by atoms with Crippen LogP contribution in [0.15, 0.2) is 12.4 Å². The van der Waals surface area contributed by atoms with Gasteiger partial charge in [0, 0.05) is 30.9 Å². The number of aryl methyl sites for hydroxylation is 1. The normalized spacial score (nSPS) is 30.4. The minimum Gasteiger partial charge on any atom is -0.480 e. The largest absolute Gasteiger partial charge is 0.480 e. The highest BCUT2D eigenvalue weighted by Crippen LogP contribution is 2.40. The maximum absolute atomic E-state index is 11.5. The number of fused-ring (bicyclic) bond motifs is 1. The maximum Gasteiger partial charge on any atom is 0.320 e. The quantitative estimate of drug-likeness (QED) is 0.916. The number of carboxylic acids is 1. The van der Waals surface area contributed by atoms with Crippen molar-refractivity contribution in [3.05, 3.63) is 18.0 Å². The molecule has 3 atom stereocenters. The van der Waals surface area contributed by atoms with Crippen LogP contribution in [0.3, 0.4) is 0 Å². The smallest absolute Gasteiger partial charge is 0.320 e. The predicted octanol–water partition coefficient (Wildman–Crippen LogP) is 2.12. The van der Waals surface area contributed by atoms with Crippen molar-refractivity contribution in [1.82, 2.24) is 14.7 Å². The van der Waals surface area contributed by atoms with Crippen molar-refractivity contribution < 1.29 is 9.90 Å². The summed E-state index contributed by atoms with van der Waals surface area (Å²) in [7, 11) is 0. The number of hydrogen-bond donors (Lipinski definition) is 1. The summed E-state index contributed by atoms with van der Waals surface area (Å²) >= 11 is 0. The number of rotatable bonds is 4. The van der Waals surface area contributed by atoms with Gasteiger partial charge in [-0.3, -0.25) is 14.4 Å². The summed E-state index contributed by atoms with van der Waals surface area (Å²) in [5.41, 5.74) is 1.13. The Kier molecular flexibility index (Phi) is 3.78. The zero-order valence-electron chi connectivity index (χ0n) is 12.0. The number of aliphatic carboxylic acids is 1. The Morgan fingerprint density at radius 3 is 2.95 bits per heavy atom. The van der Waals surface area contributed by atoms with Crippen molar-refractivity contribution in [2.24, 2.45) is 5.92 Å². The number of carboxylic acid groups (broad SMARTS) is 1. The molecule has 20 heavy (non-hydrogen) atoms. The van der Waals surface area contributed by atoms with Crippen molar-refractivity contribution in [1.29, 1.82) is 0 Å². The zero-order valence-corrected chi connectivity index (χ0v) is 12.0. The molecule has 1 saturated heterocycles. The second kappa shape index (κ2) is 5.56. The Balaban J connectivity index is 1.78.